The molecule has 1 aromatic rings. The summed E-state index contributed by atoms with van der Waals surface area (Å²) in [6.45, 7) is 3.16. The minimum atomic E-state index is 0. The highest BCUT2D eigenvalue weighted by molar-refractivity contribution is 5.13. The molecule has 3 heteroatoms. The highest BCUT2D eigenvalue weighted by Gasteiger charge is 2.31. The van der Waals surface area contributed by atoms with E-state index in [-0.39, 0.29) is 12.4 Å². The molecule has 1 fully saturated rings. The minimum Gasteiger partial charge on any atom is -1.00 e. The average Bonchev–Trinajstić information content (AvgIpc) is 2.88. The second kappa shape index (κ2) is 4.97. The van der Waals surface area contributed by atoms with Crippen LogP contribution in [0, 0.1) is 0 Å². The number of quaternary nitrogens is 1. The third kappa shape index (κ3) is 4.20. The van der Waals surface area contributed by atoms with Gasteiger partial charge in [-0.2, -0.15) is 0 Å². The Labute approximate surface area is 97.9 Å². The number of benzene rings is 1. The Kier molecular flexibility index (Phi) is 4.14. The van der Waals surface area contributed by atoms with Crippen LogP contribution in [0.3, 0.4) is 0 Å². The summed E-state index contributed by atoms with van der Waals surface area (Å²) in [5.74, 6) is 0. The maximum atomic E-state index is 5.27. The molecule has 15 heavy (non-hydrogen) atoms. The maximum Gasteiger partial charge on any atom is 0.130 e. The smallest absolute Gasteiger partial charge is 0.130 e. The fourth-order valence-corrected chi connectivity index (χ4v) is 1.87. The minimum absolute atomic E-state index is 0. The number of ether oxygens (including phenoxy) is 1. The van der Waals surface area contributed by atoms with Gasteiger partial charge in [-0.05, 0) is 0 Å². The predicted octanol–water partition coefficient (Wildman–Crippen LogP) is -1.33. The summed E-state index contributed by atoms with van der Waals surface area (Å²) >= 11 is 0. The van der Waals surface area contributed by atoms with Crippen LogP contribution in [0.1, 0.15) is 5.56 Å². The quantitative estimate of drug-likeness (QED) is 0.459. The third-order valence-electron chi connectivity index (χ3n) is 2.55. The fourth-order valence-electron chi connectivity index (χ4n) is 1.87. The molecule has 84 valence electrons. The second-order valence-electron chi connectivity index (χ2n) is 4.72. The highest BCUT2D eigenvalue weighted by atomic mass is 35.5. The molecule has 0 amide bonds. The normalized spacial score (nSPS) is 19.5. The zero-order chi connectivity index (χ0) is 10.0. The van der Waals surface area contributed by atoms with Gasteiger partial charge < -0.3 is 21.6 Å². The van der Waals surface area contributed by atoms with Crippen LogP contribution in [0.25, 0.3) is 0 Å². The van der Waals surface area contributed by atoms with Crippen molar-refractivity contribution in [3.63, 3.8) is 0 Å². The largest absolute Gasteiger partial charge is 1.00 e. The summed E-state index contributed by atoms with van der Waals surface area (Å²) in [7, 11) is 4.52. The van der Waals surface area contributed by atoms with Crippen molar-refractivity contribution in [3.05, 3.63) is 35.9 Å². The number of rotatable bonds is 4. The van der Waals surface area contributed by atoms with Gasteiger partial charge in [-0.3, -0.25) is 0 Å². The predicted molar refractivity (Wildman–Crippen MR) is 56.9 cm³/mol. The van der Waals surface area contributed by atoms with Crippen molar-refractivity contribution in [1.29, 1.82) is 0 Å². The van der Waals surface area contributed by atoms with Gasteiger partial charge in [0.15, 0.2) is 0 Å². The van der Waals surface area contributed by atoms with Crippen LogP contribution in [-0.2, 0) is 11.3 Å². The van der Waals surface area contributed by atoms with Gasteiger partial charge >= 0.3 is 0 Å². The number of likely N-dealkylation sites (N-methyl/N-ethyl adjacent to an activating group) is 1. The zero-order valence-electron chi connectivity index (χ0n) is 9.32. The first kappa shape index (κ1) is 12.5. The molecular formula is C12H18ClNO. The molecule has 2 nitrogen and oxygen atoms in total. The van der Waals surface area contributed by atoms with Crippen molar-refractivity contribution in [3.8, 4) is 0 Å². The van der Waals surface area contributed by atoms with Gasteiger partial charge in [-0.25, -0.2) is 0 Å². The van der Waals surface area contributed by atoms with Crippen LogP contribution in [-0.4, -0.2) is 37.8 Å². The first-order chi connectivity index (χ1) is 6.66. The molecule has 1 saturated heterocycles. The molecule has 1 aliphatic rings. The van der Waals surface area contributed by atoms with E-state index in [1.165, 1.54) is 5.56 Å². The lowest BCUT2D eigenvalue weighted by molar-refractivity contribution is -0.904. The second-order valence-corrected chi connectivity index (χ2v) is 4.72. The van der Waals surface area contributed by atoms with E-state index >= 15 is 0 Å². The van der Waals surface area contributed by atoms with E-state index < -0.39 is 0 Å². The summed E-state index contributed by atoms with van der Waals surface area (Å²) in [5, 5.41) is 0. The van der Waals surface area contributed by atoms with Gasteiger partial charge in [0, 0.05) is 5.56 Å². The average molecular weight is 228 g/mol. The van der Waals surface area contributed by atoms with Crippen molar-refractivity contribution in [1.82, 2.24) is 0 Å². The Hall–Kier alpha value is -0.570. The Morgan fingerprint density at radius 1 is 1.27 bits per heavy atom. The van der Waals surface area contributed by atoms with Crippen LogP contribution in [0.5, 0.6) is 0 Å². The summed E-state index contributed by atoms with van der Waals surface area (Å²) in [5.41, 5.74) is 1.40. The molecule has 1 aliphatic heterocycles. The summed E-state index contributed by atoms with van der Waals surface area (Å²) < 4.78 is 6.28. The number of hydrogen-bond donors (Lipinski definition) is 0. The van der Waals surface area contributed by atoms with E-state index in [2.05, 4.69) is 44.4 Å². The van der Waals surface area contributed by atoms with Crippen LogP contribution in [0.15, 0.2) is 30.3 Å². The Morgan fingerprint density at radius 3 is 2.40 bits per heavy atom. The van der Waals surface area contributed by atoms with Crippen LogP contribution >= 0.6 is 0 Å². The Morgan fingerprint density at radius 2 is 1.87 bits per heavy atom. The lowest BCUT2D eigenvalue weighted by atomic mass is 10.2. The van der Waals surface area contributed by atoms with E-state index in [9.17, 15) is 0 Å². The first-order valence-corrected chi connectivity index (χ1v) is 5.13. The van der Waals surface area contributed by atoms with E-state index in [1.807, 2.05) is 0 Å². The van der Waals surface area contributed by atoms with Crippen LogP contribution < -0.4 is 12.4 Å². The molecule has 1 atom stereocenters. The SMILES string of the molecule is C[N+](C)(Cc1ccccc1)CC1CO1.[Cl-]. The van der Waals surface area contributed by atoms with Crippen molar-refractivity contribution in [2.45, 2.75) is 12.6 Å². The standard InChI is InChI=1S/C12H18NO.ClH/c1-13(2,9-12-10-14-12)8-11-6-4-3-5-7-11;/h3-7,12H,8-10H2,1-2H3;1H/q+1;/p-1. The molecular weight excluding hydrogens is 210 g/mol. The van der Waals surface area contributed by atoms with E-state index in [0.29, 0.717) is 6.10 Å². The van der Waals surface area contributed by atoms with Crippen LogP contribution in [0.2, 0.25) is 0 Å². The molecule has 0 N–H and O–H groups in total. The molecule has 0 saturated carbocycles. The lowest BCUT2D eigenvalue weighted by Crippen LogP contribution is -3.00. The molecule has 2 rings (SSSR count). The van der Waals surface area contributed by atoms with Crippen molar-refractivity contribution in [2.24, 2.45) is 0 Å². The van der Waals surface area contributed by atoms with Gasteiger partial charge in [-0.1, -0.05) is 30.3 Å². The first-order valence-electron chi connectivity index (χ1n) is 5.13. The molecule has 0 bridgehead atoms. The maximum absolute atomic E-state index is 5.27. The molecule has 1 aromatic carbocycles. The van der Waals surface area contributed by atoms with Gasteiger partial charge in [0.2, 0.25) is 0 Å². The Balaban J connectivity index is 0.00000112. The van der Waals surface area contributed by atoms with E-state index in [1.54, 1.807) is 0 Å². The summed E-state index contributed by atoms with van der Waals surface area (Å²) in [6, 6.07) is 10.6. The number of halogens is 1. The number of epoxide rings is 1. The van der Waals surface area contributed by atoms with Gasteiger partial charge in [0.05, 0.1) is 20.7 Å². The molecule has 0 spiro atoms. The van der Waals surface area contributed by atoms with Gasteiger partial charge in [0.1, 0.15) is 19.2 Å². The monoisotopic (exact) mass is 227 g/mol. The van der Waals surface area contributed by atoms with Crippen molar-refractivity contribution < 1.29 is 21.6 Å². The topological polar surface area (TPSA) is 12.5 Å². The molecule has 1 unspecified atom stereocenters. The number of nitrogens with zero attached hydrogens (tertiary/aromatic N) is 1. The summed E-state index contributed by atoms with van der Waals surface area (Å²) in [6.07, 6.45) is 0.508. The molecule has 0 aromatic heterocycles. The zero-order valence-corrected chi connectivity index (χ0v) is 10.1. The molecule has 0 radical (unpaired) electrons. The number of hydrogen-bond acceptors (Lipinski definition) is 1. The fraction of sp³-hybridized carbons (Fsp3) is 0.500. The highest BCUT2D eigenvalue weighted by Crippen LogP contribution is 2.16. The van der Waals surface area contributed by atoms with Crippen molar-refractivity contribution in [2.75, 3.05) is 27.2 Å². The Bertz CT molecular complexity index is 296. The van der Waals surface area contributed by atoms with Crippen molar-refractivity contribution >= 4 is 0 Å². The van der Waals surface area contributed by atoms with E-state index in [0.717, 1.165) is 24.2 Å². The lowest BCUT2D eigenvalue weighted by Gasteiger charge is -2.29. The molecule has 1 heterocycles. The summed E-state index contributed by atoms with van der Waals surface area (Å²) in [4.78, 5) is 0. The van der Waals surface area contributed by atoms with Gasteiger partial charge in [-0.15, -0.1) is 0 Å². The molecule has 0 aliphatic carbocycles. The van der Waals surface area contributed by atoms with E-state index in [4.69, 9.17) is 4.74 Å². The van der Waals surface area contributed by atoms with Gasteiger partial charge in [0.25, 0.3) is 0 Å². The van der Waals surface area contributed by atoms with Crippen LogP contribution in [0.4, 0.5) is 0 Å². The third-order valence-corrected chi connectivity index (χ3v) is 2.55.